The minimum Gasteiger partial charge on any atom is -0.493 e. The number of rotatable bonds is 7. The molecule has 2 aromatic heterocycles. The van der Waals surface area contributed by atoms with Crippen LogP contribution < -0.4 is 24.4 Å². The lowest BCUT2D eigenvalue weighted by Crippen LogP contribution is -2.40. The Labute approximate surface area is 200 Å². The summed E-state index contributed by atoms with van der Waals surface area (Å²) in [6.07, 6.45) is 5.13. The molecule has 176 valence electrons. The highest BCUT2D eigenvalue weighted by Crippen LogP contribution is 2.36. The lowest BCUT2D eigenvalue weighted by Gasteiger charge is -2.25. The maximum Gasteiger partial charge on any atom is 0.338 e. The maximum atomic E-state index is 13.6. The van der Waals surface area contributed by atoms with E-state index in [-0.39, 0.29) is 12.2 Å². The van der Waals surface area contributed by atoms with Gasteiger partial charge in [-0.3, -0.25) is 14.3 Å². The van der Waals surface area contributed by atoms with Gasteiger partial charge in [-0.05, 0) is 56.2 Å². The molecule has 0 amide bonds. The van der Waals surface area contributed by atoms with E-state index in [9.17, 15) is 9.59 Å². The van der Waals surface area contributed by atoms with Gasteiger partial charge in [0.05, 0.1) is 42.2 Å². The van der Waals surface area contributed by atoms with Crippen LogP contribution in [0.1, 0.15) is 37.9 Å². The Kier molecular flexibility index (Phi) is 6.93. The van der Waals surface area contributed by atoms with Crippen LogP contribution in [0.5, 0.6) is 11.5 Å². The number of carbonyl (C=O) groups excluding carboxylic acids is 1. The number of esters is 1. The Morgan fingerprint density at radius 2 is 2.03 bits per heavy atom. The molecule has 0 aliphatic carbocycles. The van der Waals surface area contributed by atoms with E-state index < -0.39 is 12.0 Å². The van der Waals surface area contributed by atoms with Crippen molar-refractivity contribution in [2.24, 2.45) is 4.99 Å². The molecule has 0 spiro atoms. The average Bonchev–Trinajstić information content (AvgIpc) is 3.13. The molecule has 0 saturated carbocycles. The molecule has 1 atom stereocenters. The summed E-state index contributed by atoms with van der Waals surface area (Å²) in [6.45, 7) is 6.02. The summed E-state index contributed by atoms with van der Waals surface area (Å²) < 4.78 is 18.5. The number of allylic oxidation sites excluding steroid dienone is 1. The molecule has 1 aliphatic heterocycles. The predicted octanol–water partition coefficient (Wildman–Crippen LogP) is 2.60. The number of nitrogens with zero attached hydrogens (tertiary/aromatic N) is 3. The van der Waals surface area contributed by atoms with Gasteiger partial charge in [-0.2, -0.15) is 0 Å². The zero-order chi connectivity index (χ0) is 24.2. The van der Waals surface area contributed by atoms with Gasteiger partial charge < -0.3 is 14.2 Å². The van der Waals surface area contributed by atoms with Crippen molar-refractivity contribution < 1.29 is 19.0 Å². The van der Waals surface area contributed by atoms with E-state index in [0.29, 0.717) is 44.3 Å². The number of fused-ring (bicyclic) bond motifs is 1. The van der Waals surface area contributed by atoms with Crippen LogP contribution in [0, 0.1) is 0 Å². The van der Waals surface area contributed by atoms with Crippen molar-refractivity contribution in [3.63, 3.8) is 0 Å². The first kappa shape index (κ1) is 23.4. The number of hydrogen-bond acceptors (Lipinski definition) is 8. The zero-order valence-corrected chi connectivity index (χ0v) is 20.2. The van der Waals surface area contributed by atoms with Crippen LogP contribution in [0.4, 0.5) is 0 Å². The van der Waals surface area contributed by atoms with E-state index in [1.54, 1.807) is 62.2 Å². The molecule has 8 nitrogen and oxygen atoms in total. The maximum absolute atomic E-state index is 13.6. The van der Waals surface area contributed by atoms with Crippen LogP contribution in [0.2, 0.25) is 0 Å². The number of ether oxygens (including phenoxy) is 3. The lowest BCUT2D eigenvalue weighted by molar-refractivity contribution is -0.139. The summed E-state index contributed by atoms with van der Waals surface area (Å²) in [4.78, 5) is 35.8. The van der Waals surface area contributed by atoms with Crippen molar-refractivity contribution in [3.05, 3.63) is 84.8 Å². The monoisotopic (exact) mass is 479 g/mol. The van der Waals surface area contributed by atoms with Crippen molar-refractivity contribution in [1.82, 2.24) is 9.55 Å². The fourth-order valence-electron chi connectivity index (χ4n) is 3.85. The fraction of sp³-hybridized carbons (Fsp3) is 0.280. The molecule has 0 radical (unpaired) electrons. The van der Waals surface area contributed by atoms with Gasteiger partial charge in [-0.15, -0.1) is 0 Å². The molecule has 1 aromatic carbocycles. The van der Waals surface area contributed by atoms with Crippen molar-refractivity contribution >= 4 is 23.4 Å². The first-order valence-corrected chi connectivity index (χ1v) is 11.7. The summed E-state index contributed by atoms with van der Waals surface area (Å²) >= 11 is 1.27. The number of pyridine rings is 1. The molecule has 3 heterocycles. The minimum atomic E-state index is -0.725. The van der Waals surface area contributed by atoms with E-state index >= 15 is 0 Å². The van der Waals surface area contributed by atoms with Crippen molar-refractivity contribution in [1.29, 1.82) is 0 Å². The zero-order valence-electron chi connectivity index (χ0n) is 19.4. The summed E-state index contributed by atoms with van der Waals surface area (Å²) in [7, 11) is 1.56. The van der Waals surface area contributed by atoms with Gasteiger partial charge in [-0.1, -0.05) is 23.5 Å². The second-order valence-corrected chi connectivity index (χ2v) is 8.44. The smallest absolute Gasteiger partial charge is 0.338 e. The largest absolute Gasteiger partial charge is 0.493 e. The van der Waals surface area contributed by atoms with Gasteiger partial charge in [0.1, 0.15) is 0 Å². The van der Waals surface area contributed by atoms with Gasteiger partial charge in [0.2, 0.25) is 0 Å². The van der Waals surface area contributed by atoms with Crippen LogP contribution in [-0.4, -0.2) is 35.8 Å². The first-order chi connectivity index (χ1) is 16.5. The molecule has 1 aliphatic rings. The second kappa shape index (κ2) is 10.0. The average molecular weight is 480 g/mol. The van der Waals surface area contributed by atoms with Crippen LogP contribution in [0.25, 0.3) is 6.08 Å². The van der Waals surface area contributed by atoms with E-state index in [2.05, 4.69) is 9.98 Å². The van der Waals surface area contributed by atoms with Crippen LogP contribution in [0.15, 0.2) is 63.8 Å². The highest BCUT2D eigenvalue weighted by Gasteiger charge is 2.33. The van der Waals surface area contributed by atoms with Gasteiger partial charge in [0.25, 0.3) is 5.56 Å². The Morgan fingerprint density at radius 3 is 2.71 bits per heavy atom. The normalized spacial score (nSPS) is 15.5. The number of carbonyl (C=O) groups is 1. The third kappa shape index (κ3) is 4.38. The predicted molar refractivity (Wildman–Crippen MR) is 129 cm³/mol. The molecule has 9 heteroatoms. The molecule has 0 bridgehead atoms. The molecule has 34 heavy (non-hydrogen) atoms. The van der Waals surface area contributed by atoms with E-state index in [0.717, 1.165) is 5.56 Å². The Morgan fingerprint density at radius 1 is 1.21 bits per heavy atom. The number of benzene rings is 1. The van der Waals surface area contributed by atoms with Crippen LogP contribution in [-0.2, 0) is 9.53 Å². The number of aromatic nitrogens is 2. The van der Waals surface area contributed by atoms with Gasteiger partial charge >= 0.3 is 5.97 Å². The van der Waals surface area contributed by atoms with E-state index in [1.807, 2.05) is 19.1 Å². The molecule has 0 saturated heterocycles. The molecular formula is C25H25N3O5S. The fourth-order valence-corrected chi connectivity index (χ4v) is 4.90. The van der Waals surface area contributed by atoms with E-state index in [1.165, 1.54) is 11.3 Å². The quantitative estimate of drug-likeness (QED) is 0.484. The summed E-state index contributed by atoms with van der Waals surface area (Å²) in [5.41, 5.74) is 2.06. The van der Waals surface area contributed by atoms with Crippen LogP contribution >= 0.6 is 11.3 Å². The van der Waals surface area contributed by atoms with Gasteiger partial charge in [0.15, 0.2) is 16.3 Å². The first-order valence-electron chi connectivity index (χ1n) is 10.9. The number of thiazole rings is 1. The lowest BCUT2D eigenvalue weighted by atomic mass is 9.95. The standard InChI is InChI=1S/C25H25N3O5S/c1-5-32-19-13-17(9-10-18(19)31-4)22-21(24(30)33-6-2)15(3)27-25-28(22)23(29)20(34-25)12-16-8-7-11-26-14-16/h7-14,22H,5-6H2,1-4H3. The van der Waals surface area contributed by atoms with Gasteiger partial charge in [-0.25, -0.2) is 9.79 Å². The second-order valence-electron chi connectivity index (χ2n) is 7.43. The SMILES string of the molecule is CCOC(=O)C1=C(C)N=c2sc(=Cc3cccnc3)c(=O)n2C1c1ccc(OC)c(OCC)c1. The van der Waals surface area contributed by atoms with Crippen molar-refractivity contribution in [3.8, 4) is 11.5 Å². The van der Waals surface area contributed by atoms with Crippen molar-refractivity contribution in [2.75, 3.05) is 20.3 Å². The molecule has 0 N–H and O–H groups in total. The van der Waals surface area contributed by atoms with E-state index in [4.69, 9.17) is 14.2 Å². The topological polar surface area (TPSA) is 92.0 Å². The number of hydrogen-bond donors (Lipinski definition) is 0. The third-order valence-electron chi connectivity index (χ3n) is 5.30. The Hall–Kier alpha value is -3.72. The molecule has 1 unspecified atom stereocenters. The highest BCUT2D eigenvalue weighted by atomic mass is 32.1. The molecule has 3 aromatic rings. The molecule has 0 fully saturated rings. The number of methoxy groups -OCH3 is 1. The molecular weight excluding hydrogens is 454 g/mol. The summed E-state index contributed by atoms with van der Waals surface area (Å²) in [5, 5.41) is 0. The Balaban J connectivity index is 1.97. The van der Waals surface area contributed by atoms with Crippen LogP contribution in [0.3, 0.4) is 0 Å². The minimum absolute atomic E-state index is 0.209. The summed E-state index contributed by atoms with van der Waals surface area (Å²) in [5.74, 6) is 0.579. The summed E-state index contributed by atoms with van der Waals surface area (Å²) in [6, 6.07) is 8.34. The molecule has 4 rings (SSSR count). The third-order valence-corrected chi connectivity index (χ3v) is 6.29. The Bertz CT molecular complexity index is 1420. The highest BCUT2D eigenvalue weighted by molar-refractivity contribution is 7.07. The van der Waals surface area contributed by atoms with Gasteiger partial charge in [0, 0.05) is 12.4 Å². The van der Waals surface area contributed by atoms with Crippen molar-refractivity contribution in [2.45, 2.75) is 26.8 Å².